The average molecular weight is 282 g/mol. The molecule has 0 saturated heterocycles. The minimum Gasteiger partial charge on any atom is -0.505 e. The highest BCUT2D eigenvalue weighted by Crippen LogP contribution is 2.17. The number of pyridine rings is 1. The number of aromatic hydroxyl groups is 1. The van der Waals surface area contributed by atoms with E-state index in [0.29, 0.717) is 5.82 Å². The summed E-state index contributed by atoms with van der Waals surface area (Å²) in [6.07, 6.45) is 1.46. The highest BCUT2D eigenvalue weighted by atomic mass is 16.3. The molecule has 1 unspecified atom stereocenters. The smallest absolute Gasteiger partial charge is 0.274 e. The summed E-state index contributed by atoms with van der Waals surface area (Å²) in [4.78, 5) is 23.6. The first-order chi connectivity index (χ1) is 10.1. The lowest BCUT2D eigenvalue weighted by Crippen LogP contribution is -2.28. The number of amides is 1. The van der Waals surface area contributed by atoms with Crippen LogP contribution in [-0.2, 0) is 0 Å². The summed E-state index contributed by atoms with van der Waals surface area (Å²) < 4.78 is 0. The SMILES string of the molecule is CC(NC(=O)c1ncccc1O)c1nc2ccccc2[nH]1. The second kappa shape index (κ2) is 5.24. The van der Waals surface area contributed by atoms with Crippen molar-refractivity contribution in [3.8, 4) is 5.75 Å². The average Bonchev–Trinajstić information content (AvgIpc) is 2.91. The van der Waals surface area contributed by atoms with Gasteiger partial charge in [-0.1, -0.05) is 12.1 Å². The Bertz CT molecular complexity index is 764. The van der Waals surface area contributed by atoms with Crippen LogP contribution in [0.2, 0.25) is 0 Å². The molecule has 0 bridgehead atoms. The number of H-pyrrole nitrogens is 1. The van der Waals surface area contributed by atoms with Crippen LogP contribution in [0.5, 0.6) is 5.75 Å². The van der Waals surface area contributed by atoms with E-state index in [1.54, 1.807) is 6.07 Å². The number of fused-ring (bicyclic) bond motifs is 1. The van der Waals surface area contributed by atoms with E-state index >= 15 is 0 Å². The second-order valence-electron chi connectivity index (χ2n) is 4.71. The van der Waals surface area contributed by atoms with Gasteiger partial charge in [0.25, 0.3) is 5.91 Å². The maximum Gasteiger partial charge on any atom is 0.274 e. The van der Waals surface area contributed by atoms with Crippen molar-refractivity contribution < 1.29 is 9.90 Å². The van der Waals surface area contributed by atoms with Crippen LogP contribution >= 0.6 is 0 Å². The molecule has 1 aromatic carbocycles. The van der Waals surface area contributed by atoms with Crippen LogP contribution in [0.25, 0.3) is 11.0 Å². The molecule has 3 rings (SSSR count). The zero-order valence-corrected chi connectivity index (χ0v) is 11.4. The molecular formula is C15H14N4O2. The topological polar surface area (TPSA) is 90.9 Å². The molecule has 2 aromatic heterocycles. The predicted octanol–water partition coefficient (Wildman–Crippen LogP) is 2.15. The lowest BCUT2D eigenvalue weighted by Gasteiger charge is -2.11. The van der Waals surface area contributed by atoms with Crippen LogP contribution in [0.1, 0.15) is 29.3 Å². The van der Waals surface area contributed by atoms with E-state index in [0.717, 1.165) is 11.0 Å². The molecule has 6 heteroatoms. The lowest BCUT2D eigenvalue weighted by atomic mass is 10.2. The van der Waals surface area contributed by atoms with Crippen LogP contribution in [0.4, 0.5) is 0 Å². The number of nitrogens with one attached hydrogen (secondary N) is 2. The second-order valence-corrected chi connectivity index (χ2v) is 4.71. The van der Waals surface area contributed by atoms with Gasteiger partial charge in [-0.3, -0.25) is 4.79 Å². The van der Waals surface area contributed by atoms with E-state index in [-0.39, 0.29) is 17.5 Å². The van der Waals surface area contributed by atoms with Gasteiger partial charge in [-0.25, -0.2) is 9.97 Å². The zero-order chi connectivity index (χ0) is 14.8. The molecule has 6 nitrogen and oxygen atoms in total. The fourth-order valence-electron chi connectivity index (χ4n) is 2.08. The van der Waals surface area contributed by atoms with Gasteiger partial charge in [0.15, 0.2) is 5.69 Å². The first-order valence-corrected chi connectivity index (χ1v) is 6.54. The van der Waals surface area contributed by atoms with Gasteiger partial charge in [0.2, 0.25) is 0 Å². The van der Waals surface area contributed by atoms with E-state index in [9.17, 15) is 9.90 Å². The standard InChI is InChI=1S/C15H14N4O2/c1-9(14-18-10-5-2-3-6-11(10)19-14)17-15(21)13-12(20)7-4-8-16-13/h2-9,20H,1H3,(H,17,21)(H,18,19). The molecule has 1 atom stereocenters. The minimum absolute atomic E-state index is 0.000427. The fourth-order valence-corrected chi connectivity index (χ4v) is 2.08. The van der Waals surface area contributed by atoms with E-state index in [1.165, 1.54) is 12.3 Å². The summed E-state index contributed by atoms with van der Waals surface area (Å²) in [7, 11) is 0. The summed E-state index contributed by atoms with van der Waals surface area (Å²) in [5, 5.41) is 12.4. The Kier molecular flexibility index (Phi) is 3.27. The molecule has 3 N–H and O–H groups in total. The summed E-state index contributed by atoms with van der Waals surface area (Å²) >= 11 is 0. The number of imidazole rings is 1. The van der Waals surface area contributed by atoms with Gasteiger partial charge in [-0.05, 0) is 31.2 Å². The van der Waals surface area contributed by atoms with Gasteiger partial charge in [-0.15, -0.1) is 0 Å². The molecule has 0 aliphatic heterocycles. The molecule has 0 spiro atoms. The molecule has 3 aromatic rings. The highest BCUT2D eigenvalue weighted by molar-refractivity contribution is 5.94. The first-order valence-electron chi connectivity index (χ1n) is 6.54. The van der Waals surface area contributed by atoms with Gasteiger partial charge in [0.1, 0.15) is 11.6 Å². The van der Waals surface area contributed by atoms with Gasteiger partial charge in [0, 0.05) is 6.20 Å². The van der Waals surface area contributed by atoms with Crippen LogP contribution in [0.15, 0.2) is 42.6 Å². The van der Waals surface area contributed by atoms with Gasteiger partial charge in [0.05, 0.1) is 17.1 Å². The van der Waals surface area contributed by atoms with E-state index in [2.05, 4.69) is 20.3 Å². The number of nitrogens with zero attached hydrogens (tertiary/aromatic N) is 2. The molecule has 2 heterocycles. The van der Waals surface area contributed by atoms with Crippen molar-refractivity contribution in [2.24, 2.45) is 0 Å². The zero-order valence-electron chi connectivity index (χ0n) is 11.4. The number of aromatic amines is 1. The van der Waals surface area contributed by atoms with E-state index in [4.69, 9.17) is 0 Å². The predicted molar refractivity (Wildman–Crippen MR) is 77.9 cm³/mol. The number of hydrogen-bond donors (Lipinski definition) is 3. The third-order valence-corrected chi connectivity index (χ3v) is 3.17. The third-order valence-electron chi connectivity index (χ3n) is 3.17. The monoisotopic (exact) mass is 282 g/mol. The van der Waals surface area contributed by atoms with Crippen molar-refractivity contribution >= 4 is 16.9 Å². The fraction of sp³-hybridized carbons (Fsp3) is 0.133. The maximum atomic E-state index is 12.1. The number of hydrogen-bond acceptors (Lipinski definition) is 4. The number of aromatic nitrogens is 3. The lowest BCUT2D eigenvalue weighted by molar-refractivity contribution is 0.0930. The van der Waals surface area contributed by atoms with Crippen molar-refractivity contribution in [1.29, 1.82) is 0 Å². The molecule has 0 saturated carbocycles. The van der Waals surface area contributed by atoms with Crippen molar-refractivity contribution in [3.05, 3.63) is 54.1 Å². The molecule has 0 fully saturated rings. The van der Waals surface area contributed by atoms with Crippen molar-refractivity contribution in [2.75, 3.05) is 0 Å². The Morgan fingerprint density at radius 3 is 2.86 bits per heavy atom. The van der Waals surface area contributed by atoms with Gasteiger partial charge in [-0.2, -0.15) is 0 Å². The van der Waals surface area contributed by atoms with Crippen LogP contribution < -0.4 is 5.32 Å². The molecule has 0 aliphatic carbocycles. The van der Waals surface area contributed by atoms with Crippen molar-refractivity contribution in [2.45, 2.75) is 13.0 Å². The normalized spacial score (nSPS) is 12.2. The first kappa shape index (κ1) is 13.1. The minimum atomic E-state index is -0.443. The summed E-state index contributed by atoms with van der Waals surface area (Å²) in [5.41, 5.74) is 1.75. The van der Waals surface area contributed by atoms with Crippen LogP contribution in [0.3, 0.4) is 0 Å². The maximum absolute atomic E-state index is 12.1. The van der Waals surface area contributed by atoms with Crippen molar-refractivity contribution in [1.82, 2.24) is 20.3 Å². The Labute approximate surface area is 120 Å². The number of para-hydroxylation sites is 2. The third kappa shape index (κ3) is 2.55. The molecule has 0 aliphatic rings. The largest absolute Gasteiger partial charge is 0.505 e. The quantitative estimate of drug-likeness (QED) is 0.686. The number of carbonyl (C=O) groups is 1. The number of benzene rings is 1. The number of carbonyl (C=O) groups excluding carboxylic acids is 1. The molecule has 106 valence electrons. The number of rotatable bonds is 3. The Morgan fingerprint density at radius 2 is 2.10 bits per heavy atom. The molecule has 21 heavy (non-hydrogen) atoms. The van der Waals surface area contributed by atoms with E-state index < -0.39 is 5.91 Å². The summed E-state index contributed by atoms with van der Waals surface area (Å²) in [6.45, 7) is 1.82. The van der Waals surface area contributed by atoms with Gasteiger partial charge >= 0.3 is 0 Å². The molecular weight excluding hydrogens is 268 g/mol. The van der Waals surface area contributed by atoms with Crippen LogP contribution in [0, 0.1) is 0 Å². The Hall–Kier alpha value is -2.89. The summed E-state index contributed by atoms with van der Waals surface area (Å²) in [6, 6.07) is 10.3. The molecule has 1 amide bonds. The highest BCUT2D eigenvalue weighted by Gasteiger charge is 2.17. The molecule has 0 radical (unpaired) electrons. The van der Waals surface area contributed by atoms with Crippen molar-refractivity contribution in [3.63, 3.8) is 0 Å². The summed E-state index contributed by atoms with van der Waals surface area (Å²) in [5.74, 6) is 0.0628. The van der Waals surface area contributed by atoms with Gasteiger partial charge < -0.3 is 15.4 Å². The Morgan fingerprint density at radius 1 is 1.29 bits per heavy atom. The van der Waals surface area contributed by atoms with Crippen LogP contribution in [-0.4, -0.2) is 26.0 Å². The Balaban J connectivity index is 1.81. The van der Waals surface area contributed by atoms with E-state index in [1.807, 2.05) is 31.2 Å².